The maximum atomic E-state index is 11.6. The second-order valence-corrected chi connectivity index (χ2v) is 5.45. The minimum Gasteiger partial charge on any atom is -0.467 e. The smallest absolute Gasteiger partial charge is 0.328 e. The van der Waals surface area contributed by atoms with E-state index in [-0.39, 0.29) is 12.0 Å². The Bertz CT molecular complexity index is 279. The Kier molecular flexibility index (Phi) is 5.12. The molecule has 0 aromatic rings. The maximum Gasteiger partial charge on any atom is 0.328 e. The first-order valence-electron chi connectivity index (χ1n) is 5.58. The largest absolute Gasteiger partial charge is 0.467 e. The van der Waals surface area contributed by atoms with Crippen molar-refractivity contribution in [1.82, 2.24) is 5.32 Å². The number of hydrogen-bond acceptors (Lipinski definition) is 5. The summed E-state index contributed by atoms with van der Waals surface area (Å²) in [6, 6.07) is 0.0615. The summed E-state index contributed by atoms with van der Waals surface area (Å²) in [7, 11) is 1.42. The van der Waals surface area contributed by atoms with Gasteiger partial charge < -0.3 is 10.1 Å². The van der Waals surface area contributed by atoms with Crippen molar-refractivity contribution in [1.29, 1.82) is 0 Å². The van der Waals surface area contributed by atoms with Crippen LogP contribution in [-0.2, 0) is 9.53 Å². The topological polar surface area (TPSA) is 50.7 Å². The van der Waals surface area contributed by atoms with Gasteiger partial charge in [-0.05, 0) is 19.3 Å². The van der Waals surface area contributed by atoms with E-state index in [0.717, 1.165) is 17.3 Å². The van der Waals surface area contributed by atoms with E-state index >= 15 is 0 Å². The zero-order valence-corrected chi connectivity index (χ0v) is 11.1. The highest BCUT2D eigenvalue weighted by Gasteiger charge is 2.24. The van der Waals surface area contributed by atoms with Gasteiger partial charge in [0.15, 0.2) is 5.17 Å². The van der Waals surface area contributed by atoms with Crippen molar-refractivity contribution >= 4 is 22.9 Å². The molecule has 0 fully saturated rings. The zero-order chi connectivity index (χ0) is 12.1. The Labute approximate surface area is 101 Å². The van der Waals surface area contributed by atoms with E-state index < -0.39 is 0 Å². The number of methoxy groups -OCH3 is 1. The van der Waals surface area contributed by atoms with Crippen LogP contribution in [0.25, 0.3) is 0 Å². The standard InChI is InChI=1S/C11H20N2O2S/c1-7(2)5-9(10(14)15-4)13-11-12-8(3)6-16-11/h7-9H,5-6H2,1-4H3,(H,12,13). The predicted molar refractivity (Wildman–Crippen MR) is 67.7 cm³/mol. The van der Waals surface area contributed by atoms with Crippen molar-refractivity contribution in [2.45, 2.75) is 39.3 Å². The molecule has 92 valence electrons. The van der Waals surface area contributed by atoms with Crippen LogP contribution < -0.4 is 5.32 Å². The summed E-state index contributed by atoms with van der Waals surface area (Å²) >= 11 is 1.66. The lowest BCUT2D eigenvalue weighted by molar-refractivity contribution is -0.143. The predicted octanol–water partition coefficient (Wildman–Crippen LogP) is 1.66. The molecular formula is C11H20N2O2S. The van der Waals surface area contributed by atoms with Crippen LogP contribution in [0.15, 0.2) is 4.99 Å². The van der Waals surface area contributed by atoms with Crippen LogP contribution in [0.1, 0.15) is 27.2 Å². The Morgan fingerprint density at radius 1 is 1.69 bits per heavy atom. The third-order valence-corrected chi connectivity index (χ3v) is 3.44. The third kappa shape index (κ3) is 4.04. The molecule has 0 aliphatic carbocycles. The van der Waals surface area contributed by atoms with Gasteiger partial charge >= 0.3 is 5.97 Å². The number of nitrogens with zero attached hydrogens (tertiary/aromatic N) is 1. The van der Waals surface area contributed by atoms with E-state index in [4.69, 9.17) is 4.74 Å². The molecule has 0 bridgehead atoms. The van der Waals surface area contributed by atoms with Crippen LogP contribution in [0, 0.1) is 5.92 Å². The number of hydrogen-bond donors (Lipinski definition) is 1. The van der Waals surface area contributed by atoms with Crippen LogP contribution in [-0.4, -0.2) is 36.1 Å². The SMILES string of the molecule is COC(=O)C(CC(C)C)NC1=NC(C)CS1. The van der Waals surface area contributed by atoms with Crippen molar-refractivity contribution in [3.63, 3.8) is 0 Å². The molecular weight excluding hydrogens is 224 g/mol. The van der Waals surface area contributed by atoms with E-state index in [1.54, 1.807) is 11.8 Å². The van der Waals surface area contributed by atoms with E-state index in [2.05, 4.69) is 31.1 Å². The first-order chi connectivity index (χ1) is 7.52. The summed E-state index contributed by atoms with van der Waals surface area (Å²) in [6.07, 6.45) is 0.765. The summed E-state index contributed by atoms with van der Waals surface area (Å²) in [5.41, 5.74) is 0. The monoisotopic (exact) mass is 244 g/mol. The molecule has 0 aromatic heterocycles. The highest BCUT2D eigenvalue weighted by atomic mass is 32.2. The average molecular weight is 244 g/mol. The number of esters is 1. The van der Waals surface area contributed by atoms with E-state index in [1.165, 1.54) is 7.11 Å². The van der Waals surface area contributed by atoms with Crippen molar-refractivity contribution in [3.8, 4) is 0 Å². The maximum absolute atomic E-state index is 11.6. The molecule has 0 spiro atoms. The Hall–Kier alpha value is -0.710. The molecule has 2 unspecified atom stereocenters. The molecule has 2 atom stereocenters. The molecule has 5 heteroatoms. The van der Waals surface area contributed by atoms with Gasteiger partial charge in [-0.2, -0.15) is 0 Å². The minimum atomic E-state index is -0.276. The van der Waals surface area contributed by atoms with Gasteiger partial charge in [-0.1, -0.05) is 25.6 Å². The van der Waals surface area contributed by atoms with Gasteiger partial charge in [-0.25, -0.2) is 4.79 Å². The summed E-state index contributed by atoms with van der Waals surface area (Å²) in [4.78, 5) is 16.0. The summed E-state index contributed by atoms with van der Waals surface area (Å²) < 4.78 is 4.78. The van der Waals surface area contributed by atoms with Gasteiger partial charge in [0.1, 0.15) is 6.04 Å². The van der Waals surface area contributed by atoms with E-state index in [1.807, 2.05) is 0 Å². The second kappa shape index (κ2) is 6.13. The molecule has 1 heterocycles. The average Bonchev–Trinajstić information content (AvgIpc) is 2.61. The van der Waals surface area contributed by atoms with E-state index in [9.17, 15) is 4.79 Å². The molecule has 0 aromatic carbocycles. The molecule has 1 aliphatic rings. The van der Waals surface area contributed by atoms with Gasteiger partial charge in [0.2, 0.25) is 0 Å². The Balaban J connectivity index is 2.56. The molecule has 0 saturated carbocycles. The van der Waals surface area contributed by atoms with Crippen LogP contribution in [0.3, 0.4) is 0 Å². The number of ether oxygens (including phenoxy) is 1. The van der Waals surface area contributed by atoms with Crippen molar-refractivity contribution < 1.29 is 9.53 Å². The lowest BCUT2D eigenvalue weighted by Crippen LogP contribution is -2.40. The van der Waals surface area contributed by atoms with Crippen LogP contribution in [0.4, 0.5) is 0 Å². The number of aliphatic imine (C=N–C) groups is 1. The molecule has 1 N–H and O–H groups in total. The normalized spacial score (nSPS) is 21.8. The number of rotatable bonds is 4. The number of carbonyl (C=O) groups is 1. The summed E-state index contributed by atoms with van der Waals surface area (Å²) in [5, 5.41) is 4.03. The lowest BCUT2D eigenvalue weighted by Gasteiger charge is -2.18. The van der Waals surface area contributed by atoms with E-state index in [0.29, 0.717) is 12.0 Å². The number of amidine groups is 1. The Morgan fingerprint density at radius 3 is 2.81 bits per heavy atom. The highest BCUT2D eigenvalue weighted by Crippen LogP contribution is 2.17. The molecule has 1 aliphatic heterocycles. The van der Waals surface area contributed by atoms with Gasteiger partial charge in [-0.3, -0.25) is 4.99 Å². The van der Waals surface area contributed by atoms with Crippen molar-refractivity contribution in [3.05, 3.63) is 0 Å². The molecule has 0 amide bonds. The highest BCUT2D eigenvalue weighted by molar-refractivity contribution is 8.14. The zero-order valence-electron chi connectivity index (χ0n) is 10.3. The fraction of sp³-hybridized carbons (Fsp3) is 0.818. The minimum absolute atomic E-state index is 0.212. The molecule has 0 radical (unpaired) electrons. The molecule has 1 rings (SSSR count). The van der Waals surface area contributed by atoms with Gasteiger partial charge in [-0.15, -0.1) is 0 Å². The fourth-order valence-corrected chi connectivity index (χ4v) is 2.48. The molecule has 0 saturated heterocycles. The Morgan fingerprint density at radius 2 is 2.38 bits per heavy atom. The number of thioether (sulfide) groups is 1. The van der Waals surface area contributed by atoms with Gasteiger partial charge in [0, 0.05) is 5.75 Å². The van der Waals surface area contributed by atoms with Crippen molar-refractivity contribution in [2.24, 2.45) is 10.9 Å². The summed E-state index contributed by atoms with van der Waals surface area (Å²) in [5.74, 6) is 1.22. The van der Waals surface area contributed by atoms with Gasteiger partial charge in [0.05, 0.1) is 13.2 Å². The van der Waals surface area contributed by atoms with Crippen LogP contribution >= 0.6 is 11.8 Å². The quantitative estimate of drug-likeness (QED) is 0.764. The van der Waals surface area contributed by atoms with Crippen LogP contribution in [0.2, 0.25) is 0 Å². The second-order valence-electron chi connectivity index (χ2n) is 4.44. The summed E-state index contributed by atoms with van der Waals surface area (Å²) in [6.45, 7) is 6.24. The lowest BCUT2D eigenvalue weighted by atomic mass is 10.0. The first kappa shape index (κ1) is 13.4. The van der Waals surface area contributed by atoms with Gasteiger partial charge in [0.25, 0.3) is 0 Å². The number of nitrogens with one attached hydrogen (secondary N) is 1. The molecule has 16 heavy (non-hydrogen) atoms. The molecule has 4 nitrogen and oxygen atoms in total. The van der Waals surface area contributed by atoms with Crippen LogP contribution in [0.5, 0.6) is 0 Å². The van der Waals surface area contributed by atoms with Crippen molar-refractivity contribution in [2.75, 3.05) is 12.9 Å². The third-order valence-electron chi connectivity index (χ3n) is 2.29. The number of carbonyl (C=O) groups excluding carboxylic acids is 1. The first-order valence-corrected chi connectivity index (χ1v) is 6.56. The fourth-order valence-electron chi connectivity index (χ4n) is 1.53.